The van der Waals surface area contributed by atoms with Gasteiger partial charge in [0.1, 0.15) is 0 Å². The molecule has 0 aromatic heterocycles. The lowest BCUT2D eigenvalue weighted by Gasteiger charge is -2.21. The zero-order valence-corrected chi connectivity index (χ0v) is 12.9. The average molecular weight is 332 g/mol. The molecule has 24 heavy (non-hydrogen) atoms. The molecule has 1 N–H and O–H groups in total. The quantitative estimate of drug-likeness (QED) is 0.832. The molecule has 1 aliphatic carbocycles. The summed E-state index contributed by atoms with van der Waals surface area (Å²) in [5.74, 6) is -1.02. The Balaban J connectivity index is 2.10. The summed E-state index contributed by atoms with van der Waals surface area (Å²) in [4.78, 5) is 11.2. The van der Waals surface area contributed by atoms with Crippen molar-refractivity contribution in [3.8, 4) is 0 Å². The van der Waals surface area contributed by atoms with Crippen LogP contribution in [0.1, 0.15) is 44.6 Å². The first-order chi connectivity index (χ1) is 11.3. The van der Waals surface area contributed by atoms with Gasteiger partial charge in [0.25, 0.3) is 0 Å². The summed E-state index contributed by atoms with van der Waals surface area (Å²) in [5, 5.41) is 9.18. The number of allylic oxidation sites excluding steroid dienone is 1. The van der Waals surface area contributed by atoms with Crippen LogP contribution in [0.25, 0.3) is 5.57 Å². The highest BCUT2D eigenvalue weighted by Crippen LogP contribution is 2.36. The minimum Gasteiger partial charge on any atom is -0.478 e. The van der Waals surface area contributed by atoms with E-state index in [1.807, 2.05) is 6.08 Å². The van der Waals surface area contributed by atoms with Gasteiger partial charge in [-0.05, 0) is 71.9 Å². The molecule has 124 valence electrons. The van der Waals surface area contributed by atoms with Gasteiger partial charge in [0, 0.05) is 0 Å². The lowest BCUT2D eigenvalue weighted by Crippen LogP contribution is -2.08. The van der Waals surface area contributed by atoms with Crippen LogP contribution in [0, 0.1) is 6.92 Å². The van der Waals surface area contributed by atoms with Gasteiger partial charge >= 0.3 is 12.1 Å². The minimum atomic E-state index is -4.38. The highest BCUT2D eigenvalue weighted by molar-refractivity contribution is 5.91. The number of carboxylic acids is 1. The summed E-state index contributed by atoms with van der Waals surface area (Å²) >= 11 is 0. The molecule has 0 saturated heterocycles. The molecule has 0 fully saturated rings. The second-order valence-electron chi connectivity index (χ2n) is 5.86. The number of benzene rings is 2. The first-order valence-corrected chi connectivity index (χ1v) is 7.52. The molecule has 0 aliphatic heterocycles. The third kappa shape index (κ3) is 2.94. The van der Waals surface area contributed by atoms with Crippen LogP contribution in [0.2, 0.25) is 0 Å². The highest BCUT2D eigenvalue weighted by Gasteiger charge is 2.31. The number of aromatic carboxylic acids is 1. The molecule has 2 nitrogen and oxygen atoms in total. The number of hydrogen-bond acceptors (Lipinski definition) is 1. The maximum atomic E-state index is 12.8. The predicted octanol–water partition coefficient (Wildman–Crippen LogP) is 5.09. The van der Waals surface area contributed by atoms with Crippen LogP contribution < -0.4 is 0 Å². The Morgan fingerprint density at radius 3 is 2.46 bits per heavy atom. The second kappa shape index (κ2) is 5.82. The van der Waals surface area contributed by atoms with Crippen LogP contribution >= 0.6 is 0 Å². The highest BCUT2D eigenvalue weighted by atomic mass is 19.4. The average Bonchev–Trinajstić information content (AvgIpc) is 2.53. The second-order valence-corrected chi connectivity index (χ2v) is 5.86. The Labute approximate surface area is 137 Å². The van der Waals surface area contributed by atoms with Crippen molar-refractivity contribution in [2.75, 3.05) is 0 Å². The molecule has 0 saturated carbocycles. The predicted molar refractivity (Wildman–Crippen MR) is 85.0 cm³/mol. The van der Waals surface area contributed by atoms with Gasteiger partial charge in [-0.25, -0.2) is 4.79 Å². The molecule has 0 heterocycles. The Hall–Kier alpha value is -2.56. The molecule has 2 aromatic rings. The zero-order chi connectivity index (χ0) is 17.5. The van der Waals surface area contributed by atoms with Gasteiger partial charge in [-0.15, -0.1) is 0 Å². The zero-order valence-electron chi connectivity index (χ0n) is 12.9. The van der Waals surface area contributed by atoms with Crippen molar-refractivity contribution in [2.24, 2.45) is 0 Å². The smallest absolute Gasteiger partial charge is 0.416 e. The van der Waals surface area contributed by atoms with Crippen LogP contribution in [-0.2, 0) is 12.6 Å². The third-order valence-electron chi connectivity index (χ3n) is 4.25. The number of alkyl halides is 3. The first-order valence-electron chi connectivity index (χ1n) is 7.52. The van der Waals surface area contributed by atoms with Gasteiger partial charge in [-0.1, -0.05) is 18.2 Å². The fourth-order valence-corrected chi connectivity index (χ4v) is 3.06. The van der Waals surface area contributed by atoms with E-state index in [4.69, 9.17) is 0 Å². The van der Waals surface area contributed by atoms with Crippen molar-refractivity contribution in [1.29, 1.82) is 0 Å². The number of fused-ring (bicyclic) bond motifs is 1. The summed E-state index contributed by atoms with van der Waals surface area (Å²) < 4.78 is 38.5. The molecule has 0 bridgehead atoms. The van der Waals surface area contributed by atoms with Gasteiger partial charge in [-0.3, -0.25) is 0 Å². The Kier molecular flexibility index (Phi) is 3.95. The van der Waals surface area contributed by atoms with E-state index < -0.39 is 17.7 Å². The summed E-state index contributed by atoms with van der Waals surface area (Å²) in [6.07, 6.45) is -0.851. The van der Waals surface area contributed by atoms with Crippen LogP contribution in [-0.4, -0.2) is 11.1 Å². The SMILES string of the molecule is Cc1cc(C(F)(F)F)ccc1C1=CCCc2ccc(C(=O)O)cc21. The van der Waals surface area contributed by atoms with E-state index in [1.165, 1.54) is 6.07 Å². The molecule has 1 aliphatic rings. The van der Waals surface area contributed by atoms with Gasteiger partial charge < -0.3 is 5.11 Å². The number of hydrogen-bond donors (Lipinski definition) is 1. The Bertz CT molecular complexity index is 848. The molecule has 0 spiro atoms. The molecule has 3 rings (SSSR count). The molecule has 2 aromatic carbocycles. The maximum Gasteiger partial charge on any atom is 0.416 e. The van der Waals surface area contributed by atoms with Crippen LogP contribution in [0.5, 0.6) is 0 Å². The first kappa shape index (κ1) is 16.3. The molecule has 0 radical (unpaired) electrons. The standard InChI is InChI=1S/C19H15F3O2/c1-11-9-14(19(20,21)22)7-8-15(11)16-4-2-3-12-5-6-13(18(23)24)10-17(12)16/h4-10H,2-3H2,1H3,(H,23,24). The number of rotatable bonds is 2. The normalized spacial score (nSPS) is 14.1. The van der Waals surface area contributed by atoms with Crippen LogP contribution in [0.3, 0.4) is 0 Å². The summed E-state index contributed by atoms with van der Waals surface area (Å²) in [6.45, 7) is 1.64. The molecule has 0 amide bonds. The minimum absolute atomic E-state index is 0.172. The molecule has 5 heteroatoms. The van der Waals surface area contributed by atoms with Crippen LogP contribution in [0.15, 0.2) is 42.5 Å². The number of aryl methyl sites for hydroxylation is 2. The summed E-state index contributed by atoms with van der Waals surface area (Å²) in [5.41, 5.74) is 3.30. The van der Waals surface area contributed by atoms with Gasteiger partial charge in [-0.2, -0.15) is 13.2 Å². The fourth-order valence-electron chi connectivity index (χ4n) is 3.06. The van der Waals surface area contributed by atoms with Crippen molar-refractivity contribution < 1.29 is 23.1 Å². The van der Waals surface area contributed by atoms with E-state index >= 15 is 0 Å². The molecular weight excluding hydrogens is 317 g/mol. The largest absolute Gasteiger partial charge is 0.478 e. The van der Waals surface area contributed by atoms with Gasteiger partial charge in [0.05, 0.1) is 11.1 Å². The van der Waals surface area contributed by atoms with E-state index in [0.717, 1.165) is 41.7 Å². The van der Waals surface area contributed by atoms with Crippen molar-refractivity contribution >= 4 is 11.5 Å². The Morgan fingerprint density at radius 2 is 1.83 bits per heavy atom. The van der Waals surface area contributed by atoms with Gasteiger partial charge in [0.15, 0.2) is 0 Å². The summed E-state index contributed by atoms with van der Waals surface area (Å²) in [7, 11) is 0. The topological polar surface area (TPSA) is 37.3 Å². The fraction of sp³-hybridized carbons (Fsp3) is 0.211. The summed E-state index contributed by atoms with van der Waals surface area (Å²) in [6, 6.07) is 8.60. The monoisotopic (exact) mass is 332 g/mol. The van der Waals surface area contributed by atoms with E-state index in [9.17, 15) is 23.1 Å². The Morgan fingerprint density at radius 1 is 1.08 bits per heavy atom. The number of carbonyl (C=O) groups is 1. The van der Waals surface area contributed by atoms with Crippen molar-refractivity contribution in [1.82, 2.24) is 0 Å². The van der Waals surface area contributed by atoms with Crippen molar-refractivity contribution in [3.05, 3.63) is 75.9 Å². The lowest BCUT2D eigenvalue weighted by molar-refractivity contribution is -0.137. The third-order valence-corrected chi connectivity index (χ3v) is 4.25. The number of halogens is 3. The molecule has 0 unspecified atom stereocenters. The van der Waals surface area contributed by atoms with E-state index in [-0.39, 0.29) is 5.56 Å². The number of carboxylic acid groups (broad SMARTS) is 1. The van der Waals surface area contributed by atoms with Gasteiger partial charge in [0.2, 0.25) is 0 Å². The van der Waals surface area contributed by atoms with E-state index in [1.54, 1.807) is 25.1 Å². The van der Waals surface area contributed by atoms with E-state index in [2.05, 4.69) is 0 Å². The van der Waals surface area contributed by atoms with E-state index in [0.29, 0.717) is 11.1 Å². The van der Waals surface area contributed by atoms with Crippen molar-refractivity contribution in [2.45, 2.75) is 25.9 Å². The lowest BCUT2D eigenvalue weighted by atomic mass is 9.84. The van der Waals surface area contributed by atoms with Crippen LogP contribution in [0.4, 0.5) is 13.2 Å². The maximum absolute atomic E-state index is 12.8. The molecule has 0 atom stereocenters. The van der Waals surface area contributed by atoms with Crippen molar-refractivity contribution in [3.63, 3.8) is 0 Å². The molecular formula is C19H15F3O2.